The van der Waals surface area contributed by atoms with Crippen molar-refractivity contribution in [2.45, 2.75) is 91.4 Å². The second-order valence-electron chi connectivity index (χ2n) is 12.0. The van der Waals surface area contributed by atoms with Gasteiger partial charge in [0.25, 0.3) is 0 Å². The summed E-state index contributed by atoms with van der Waals surface area (Å²) in [5.74, 6) is -1.56. The number of hydrogen-bond acceptors (Lipinski definition) is 6. The predicted octanol–water partition coefficient (Wildman–Crippen LogP) is 2.57. The van der Waals surface area contributed by atoms with E-state index in [1.807, 2.05) is 65.1 Å². The number of carbonyl (C=O) groups is 4. The standard InChI is InChI=1S/C30H45N5O5/c1-7-40-29(39)24(15-18(2)3)34-28(38)25(30(4,5)6)35-27(37)23(33-26(36)22-13-10-14-31-22)16-19-17-32-21-12-9-8-11-20(19)21/h8-9,11-12,17-18,22-25,31-32H,7,10,13-16H2,1-6H3,(H,33,36)(H,34,38)(H,35,37)/t22-,23-,24-,25+/m0/s1. The topological polar surface area (TPSA) is 141 Å². The van der Waals surface area contributed by atoms with Gasteiger partial charge in [-0.15, -0.1) is 0 Å². The predicted molar refractivity (Wildman–Crippen MR) is 154 cm³/mol. The lowest BCUT2D eigenvalue weighted by atomic mass is 9.85. The van der Waals surface area contributed by atoms with Crippen LogP contribution in [0.25, 0.3) is 10.9 Å². The molecule has 5 N–H and O–H groups in total. The van der Waals surface area contributed by atoms with E-state index < -0.39 is 41.3 Å². The summed E-state index contributed by atoms with van der Waals surface area (Å²) in [5.41, 5.74) is 1.13. The molecule has 10 heteroatoms. The summed E-state index contributed by atoms with van der Waals surface area (Å²) in [6, 6.07) is 4.70. The molecule has 0 saturated carbocycles. The Morgan fingerprint density at radius 1 is 1.02 bits per heavy atom. The molecule has 1 aliphatic heterocycles. The highest BCUT2D eigenvalue weighted by Gasteiger charge is 2.37. The number of aromatic amines is 1. The van der Waals surface area contributed by atoms with Crippen LogP contribution in [0.5, 0.6) is 0 Å². The van der Waals surface area contributed by atoms with Gasteiger partial charge in [0.1, 0.15) is 18.1 Å². The fraction of sp³-hybridized carbons (Fsp3) is 0.600. The molecule has 10 nitrogen and oxygen atoms in total. The highest BCUT2D eigenvalue weighted by atomic mass is 16.5. The third-order valence-corrected chi connectivity index (χ3v) is 7.12. The van der Waals surface area contributed by atoms with Crippen LogP contribution in [0.3, 0.4) is 0 Å². The van der Waals surface area contributed by atoms with Crippen LogP contribution >= 0.6 is 0 Å². The maximum absolute atomic E-state index is 13.8. The van der Waals surface area contributed by atoms with Gasteiger partial charge in [-0.05, 0) is 55.7 Å². The number of para-hydroxylation sites is 1. The van der Waals surface area contributed by atoms with Gasteiger partial charge in [0.2, 0.25) is 17.7 Å². The Balaban J connectivity index is 1.84. The van der Waals surface area contributed by atoms with Crippen LogP contribution in [0.15, 0.2) is 30.5 Å². The normalized spacial score (nSPS) is 17.7. The number of aromatic nitrogens is 1. The summed E-state index contributed by atoms with van der Waals surface area (Å²) in [5, 5.41) is 12.8. The second-order valence-corrected chi connectivity index (χ2v) is 12.0. The molecule has 0 bridgehead atoms. The van der Waals surface area contributed by atoms with Crippen molar-refractivity contribution in [2.75, 3.05) is 13.2 Å². The van der Waals surface area contributed by atoms with Crippen LogP contribution in [0, 0.1) is 11.3 Å². The lowest BCUT2D eigenvalue weighted by molar-refractivity contribution is -0.148. The van der Waals surface area contributed by atoms with Crippen molar-refractivity contribution in [1.29, 1.82) is 0 Å². The van der Waals surface area contributed by atoms with E-state index in [4.69, 9.17) is 4.74 Å². The van der Waals surface area contributed by atoms with Gasteiger partial charge in [-0.25, -0.2) is 4.79 Å². The van der Waals surface area contributed by atoms with E-state index in [-0.39, 0.29) is 30.9 Å². The van der Waals surface area contributed by atoms with Gasteiger partial charge in [0, 0.05) is 23.5 Å². The first-order valence-electron chi connectivity index (χ1n) is 14.3. The molecule has 2 heterocycles. The largest absolute Gasteiger partial charge is 0.464 e. The third-order valence-electron chi connectivity index (χ3n) is 7.12. The van der Waals surface area contributed by atoms with Crippen molar-refractivity contribution in [3.63, 3.8) is 0 Å². The van der Waals surface area contributed by atoms with Crippen molar-refractivity contribution >= 4 is 34.6 Å². The van der Waals surface area contributed by atoms with E-state index >= 15 is 0 Å². The number of esters is 1. The molecule has 2 aromatic rings. The minimum Gasteiger partial charge on any atom is -0.464 e. The Labute approximate surface area is 236 Å². The molecule has 3 rings (SSSR count). The number of hydrogen-bond donors (Lipinski definition) is 5. The summed E-state index contributed by atoms with van der Waals surface area (Å²) in [7, 11) is 0. The molecule has 1 fully saturated rings. The average molecular weight is 556 g/mol. The maximum Gasteiger partial charge on any atom is 0.328 e. The van der Waals surface area contributed by atoms with Gasteiger partial charge in [0.05, 0.1) is 12.6 Å². The van der Waals surface area contributed by atoms with Crippen molar-refractivity contribution < 1.29 is 23.9 Å². The summed E-state index contributed by atoms with van der Waals surface area (Å²) in [6.07, 6.45) is 4.08. The van der Waals surface area contributed by atoms with Crippen LogP contribution < -0.4 is 21.3 Å². The van der Waals surface area contributed by atoms with Gasteiger partial charge in [-0.2, -0.15) is 0 Å². The van der Waals surface area contributed by atoms with Crippen LogP contribution in [0.2, 0.25) is 0 Å². The Hall–Kier alpha value is -3.40. The van der Waals surface area contributed by atoms with E-state index in [1.54, 1.807) is 6.92 Å². The first-order valence-corrected chi connectivity index (χ1v) is 14.3. The summed E-state index contributed by atoms with van der Waals surface area (Å²) >= 11 is 0. The number of fused-ring (bicyclic) bond motifs is 1. The highest BCUT2D eigenvalue weighted by Crippen LogP contribution is 2.22. The molecule has 0 spiro atoms. The van der Waals surface area contributed by atoms with Gasteiger partial charge in [0.15, 0.2) is 0 Å². The van der Waals surface area contributed by atoms with Crippen LogP contribution in [0.1, 0.15) is 66.4 Å². The Morgan fingerprint density at radius 3 is 2.38 bits per heavy atom. The smallest absolute Gasteiger partial charge is 0.328 e. The maximum atomic E-state index is 13.8. The number of benzene rings is 1. The number of ether oxygens (including phenoxy) is 1. The SMILES string of the molecule is CCOC(=O)[C@H](CC(C)C)NC(=O)[C@@H](NC(=O)[C@H](Cc1c[nH]c2ccccc12)NC(=O)[C@@H]1CCCN1)C(C)(C)C. The first-order chi connectivity index (χ1) is 18.9. The average Bonchev–Trinajstić information content (AvgIpc) is 3.56. The number of H-pyrrole nitrogens is 1. The molecule has 1 aromatic carbocycles. The highest BCUT2D eigenvalue weighted by molar-refractivity contribution is 5.95. The zero-order valence-electron chi connectivity index (χ0n) is 24.6. The molecule has 1 saturated heterocycles. The third kappa shape index (κ3) is 8.30. The summed E-state index contributed by atoms with van der Waals surface area (Å²) in [4.78, 5) is 56.2. The van der Waals surface area contributed by atoms with Gasteiger partial charge < -0.3 is 31.0 Å². The molecule has 220 valence electrons. The van der Waals surface area contributed by atoms with Crippen molar-refractivity contribution in [2.24, 2.45) is 11.3 Å². The van der Waals surface area contributed by atoms with Gasteiger partial charge in [-0.1, -0.05) is 52.8 Å². The van der Waals surface area contributed by atoms with Crippen LogP contribution in [0.4, 0.5) is 0 Å². The van der Waals surface area contributed by atoms with Crippen LogP contribution in [-0.4, -0.2) is 66.0 Å². The van der Waals surface area contributed by atoms with Crippen LogP contribution in [-0.2, 0) is 30.3 Å². The minimum atomic E-state index is -0.962. The molecule has 0 unspecified atom stereocenters. The van der Waals surface area contributed by atoms with E-state index in [1.165, 1.54) is 0 Å². The van der Waals surface area contributed by atoms with Crippen molar-refractivity contribution in [3.8, 4) is 0 Å². The molecular weight excluding hydrogens is 510 g/mol. The fourth-order valence-electron chi connectivity index (χ4n) is 5.01. The number of rotatable bonds is 12. The number of amides is 3. The first kappa shape index (κ1) is 31.1. The molecule has 40 heavy (non-hydrogen) atoms. The lowest BCUT2D eigenvalue weighted by Crippen LogP contribution is -2.60. The number of carbonyl (C=O) groups excluding carboxylic acids is 4. The van der Waals surface area contributed by atoms with Crippen molar-refractivity contribution in [3.05, 3.63) is 36.0 Å². The molecule has 1 aliphatic rings. The molecule has 4 atom stereocenters. The molecule has 1 aromatic heterocycles. The fourth-order valence-corrected chi connectivity index (χ4v) is 5.01. The van der Waals surface area contributed by atoms with Crippen molar-refractivity contribution in [1.82, 2.24) is 26.3 Å². The van der Waals surface area contributed by atoms with Gasteiger partial charge >= 0.3 is 5.97 Å². The van der Waals surface area contributed by atoms with E-state index in [9.17, 15) is 19.2 Å². The Morgan fingerprint density at radius 2 is 1.75 bits per heavy atom. The van der Waals surface area contributed by atoms with Gasteiger partial charge in [-0.3, -0.25) is 14.4 Å². The minimum absolute atomic E-state index is 0.136. The molecule has 0 radical (unpaired) electrons. The molecule has 0 aliphatic carbocycles. The zero-order valence-corrected chi connectivity index (χ0v) is 24.6. The molecule has 3 amide bonds. The molecular formula is C30H45N5O5. The Kier molecular flexibility index (Phi) is 10.7. The van der Waals surface area contributed by atoms with E-state index in [0.29, 0.717) is 12.8 Å². The second kappa shape index (κ2) is 13.8. The zero-order chi connectivity index (χ0) is 29.4. The summed E-state index contributed by atoms with van der Waals surface area (Å²) in [6.45, 7) is 12.1. The van der Waals surface area contributed by atoms with E-state index in [2.05, 4.69) is 26.3 Å². The van der Waals surface area contributed by atoms with E-state index in [0.717, 1.165) is 29.4 Å². The summed E-state index contributed by atoms with van der Waals surface area (Å²) < 4.78 is 5.18. The number of nitrogens with one attached hydrogen (secondary N) is 5. The monoisotopic (exact) mass is 555 g/mol. The lowest BCUT2D eigenvalue weighted by Gasteiger charge is -2.33. The quantitative estimate of drug-likeness (QED) is 0.255. The Bertz CT molecular complexity index is 1180.